The molecule has 0 aliphatic carbocycles. The van der Waals surface area contributed by atoms with E-state index in [1.807, 2.05) is 12.1 Å². The Labute approximate surface area is 130 Å². The van der Waals surface area contributed by atoms with Crippen LogP contribution in [0.4, 0.5) is 5.82 Å². The molecule has 4 rings (SSSR count). The molecule has 0 radical (unpaired) electrons. The van der Waals surface area contributed by atoms with Crippen molar-refractivity contribution in [3.05, 3.63) is 71.3 Å². The van der Waals surface area contributed by atoms with E-state index in [1.165, 1.54) is 11.1 Å². The van der Waals surface area contributed by atoms with E-state index in [0.29, 0.717) is 6.54 Å². The fourth-order valence-electron chi connectivity index (χ4n) is 3.25. The predicted molar refractivity (Wildman–Crippen MR) is 90.8 cm³/mol. The first-order chi connectivity index (χ1) is 10.8. The van der Waals surface area contributed by atoms with Gasteiger partial charge in [0.05, 0.1) is 5.52 Å². The average molecular weight is 289 g/mol. The second-order valence-electron chi connectivity index (χ2n) is 5.81. The summed E-state index contributed by atoms with van der Waals surface area (Å²) in [6, 6.07) is 19.1. The first-order valence-electron chi connectivity index (χ1n) is 7.75. The summed E-state index contributed by atoms with van der Waals surface area (Å²) in [5.74, 6) is 1.04. The summed E-state index contributed by atoms with van der Waals surface area (Å²) in [4.78, 5) is 7.25. The number of nitrogens with two attached hydrogens (primary N) is 1. The molecule has 1 aliphatic heterocycles. The molecule has 2 heterocycles. The molecule has 0 saturated heterocycles. The minimum atomic E-state index is 0.519. The molecular weight excluding hydrogens is 270 g/mol. The molecule has 3 nitrogen and oxygen atoms in total. The van der Waals surface area contributed by atoms with Crippen molar-refractivity contribution >= 4 is 16.7 Å². The lowest BCUT2D eigenvalue weighted by atomic mass is 9.99. The third-order valence-corrected chi connectivity index (χ3v) is 4.43. The molecule has 0 unspecified atom stereocenters. The minimum Gasteiger partial charge on any atom is -0.352 e. The van der Waals surface area contributed by atoms with E-state index < -0.39 is 0 Å². The lowest BCUT2D eigenvalue weighted by Gasteiger charge is -2.31. The van der Waals surface area contributed by atoms with Crippen LogP contribution < -0.4 is 10.6 Å². The normalized spacial score (nSPS) is 14.1. The summed E-state index contributed by atoms with van der Waals surface area (Å²) in [7, 11) is 0. The van der Waals surface area contributed by atoms with E-state index >= 15 is 0 Å². The molecular formula is C19H19N3. The van der Waals surface area contributed by atoms with Crippen LogP contribution in [0.5, 0.6) is 0 Å². The molecule has 22 heavy (non-hydrogen) atoms. The van der Waals surface area contributed by atoms with Crippen molar-refractivity contribution in [1.82, 2.24) is 4.98 Å². The maximum absolute atomic E-state index is 5.98. The van der Waals surface area contributed by atoms with E-state index in [0.717, 1.165) is 41.8 Å². The van der Waals surface area contributed by atoms with Gasteiger partial charge in [-0.15, -0.1) is 0 Å². The standard InChI is InChI=1S/C19H19N3/c20-12-17-11-15-6-3-4-8-18(15)21-19(17)22-10-9-14-5-1-2-7-16(14)13-22/h1-8,11H,9-10,12-13,20H2. The van der Waals surface area contributed by atoms with Crippen molar-refractivity contribution in [2.75, 3.05) is 11.4 Å². The molecule has 0 atom stereocenters. The van der Waals surface area contributed by atoms with Crippen LogP contribution >= 0.6 is 0 Å². The van der Waals surface area contributed by atoms with Crippen molar-refractivity contribution in [3.63, 3.8) is 0 Å². The Kier molecular flexibility index (Phi) is 3.28. The van der Waals surface area contributed by atoms with Gasteiger partial charge in [-0.05, 0) is 29.7 Å². The Morgan fingerprint density at radius 1 is 1.00 bits per heavy atom. The van der Waals surface area contributed by atoms with Crippen molar-refractivity contribution in [2.24, 2.45) is 5.73 Å². The lowest BCUT2D eigenvalue weighted by Crippen LogP contribution is -2.32. The average Bonchev–Trinajstić information content (AvgIpc) is 2.60. The fourth-order valence-corrected chi connectivity index (χ4v) is 3.25. The highest BCUT2D eigenvalue weighted by Gasteiger charge is 2.19. The van der Waals surface area contributed by atoms with Gasteiger partial charge in [-0.25, -0.2) is 4.98 Å². The zero-order valence-corrected chi connectivity index (χ0v) is 12.5. The zero-order chi connectivity index (χ0) is 14.9. The third-order valence-electron chi connectivity index (χ3n) is 4.43. The van der Waals surface area contributed by atoms with Crippen molar-refractivity contribution < 1.29 is 0 Å². The number of pyridine rings is 1. The number of hydrogen-bond acceptors (Lipinski definition) is 3. The topological polar surface area (TPSA) is 42.1 Å². The molecule has 1 aliphatic rings. The highest BCUT2D eigenvalue weighted by Crippen LogP contribution is 2.28. The molecule has 0 amide bonds. The molecule has 3 heteroatoms. The molecule has 0 spiro atoms. The Morgan fingerprint density at radius 2 is 1.77 bits per heavy atom. The summed E-state index contributed by atoms with van der Waals surface area (Å²) in [6.45, 7) is 2.43. The van der Waals surface area contributed by atoms with Crippen molar-refractivity contribution in [2.45, 2.75) is 19.5 Å². The number of aromatic nitrogens is 1. The van der Waals surface area contributed by atoms with Gasteiger partial charge in [-0.1, -0.05) is 42.5 Å². The van der Waals surface area contributed by atoms with Gasteiger partial charge in [0.25, 0.3) is 0 Å². The maximum Gasteiger partial charge on any atom is 0.134 e. The minimum absolute atomic E-state index is 0.519. The molecule has 2 aromatic carbocycles. The van der Waals surface area contributed by atoms with Gasteiger partial charge in [0.1, 0.15) is 5.82 Å². The smallest absolute Gasteiger partial charge is 0.134 e. The van der Waals surface area contributed by atoms with Crippen molar-refractivity contribution in [1.29, 1.82) is 0 Å². The van der Waals surface area contributed by atoms with Gasteiger partial charge < -0.3 is 10.6 Å². The van der Waals surface area contributed by atoms with Gasteiger partial charge in [0, 0.05) is 30.6 Å². The summed E-state index contributed by atoms with van der Waals surface area (Å²) >= 11 is 0. The highest BCUT2D eigenvalue weighted by molar-refractivity contribution is 5.81. The summed E-state index contributed by atoms with van der Waals surface area (Å²) < 4.78 is 0. The molecule has 3 aromatic rings. The maximum atomic E-state index is 5.98. The van der Waals surface area contributed by atoms with Crippen LogP contribution in [-0.4, -0.2) is 11.5 Å². The first-order valence-corrected chi connectivity index (χ1v) is 7.75. The SMILES string of the molecule is NCc1cc2ccccc2nc1N1CCc2ccccc2C1. The van der Waals surface area contributed by atoms with Crippen LogP contribution in [0.25, 0.3) is 10.9 Å². The monoisotopic (exact) mass is 289 g/mol. The summed E-state index contributed by atoms with van der Waals surface area (Å²) in [5, 5.41) is 1.16. The van der Waals surface area contributed by atoms with Crippen LogP contribution in [0.3, 0.4) is 0 Å². The lowest BCUT2D eigenvalue weighted by molar-refractivity contribution is 0.717. The second-order valence-corrected chi connectivity index (χ2v) is 5.81. The number of fused-ring (bicyclic) bond motifs is 2. The largest absolute Gasteiger partial charge is 0.352 e. The van der Waals surface area contributed by atoms with Gasteiger partial charge >= 0.3 is 0 Å². The quantitative estimate of drug-likeness (QED) is 0.787. The van der Waals surface area contributed by atoms with Crippen LogP contribution in [0.15, 0.2) is 54.6 Å². The van der Waals surface area contributed by atoms with Gasteiger partial charge in [-0.2, -0.15) is 0 Å². The third kappa shape index (κ3) is 2.24. The zero-order valence-electron chi connectivity index (χ0n) is 12.5. The molecule has 2 N–H and O–H groups in total. The van der Waals surface area contributed by atoms with E-state index in [1.54, 1.807) is 0 Å². The number of anilines is 1. The number of benzene rings is 2. The van der Waals surface area contributed by atoms with Crippen LogP contribution in [0.2, 0.25) is 0 Å². The Bertz CT molecular complexity index is 826. The van der Waals surface area contributed by atoms with Gasteiger partial charge in [0.15, 0.2) is 0 Å². The van der Waals surface area contributed by atoms with Crippen LogP contribution in [0.1, 0.15) is 16.7 Å². The molecule has 0 bridgehead atoms. The highest BCUT2D eigenvalue weighted by atomic mass is 15.2. The van der Waals surface area contributed by atoms with Crippen LogP contribution in [0, 0.1) is 0 Å². The predicted octanol–water partition coefficient (Wildman–Crippen LogP) is 3.26. The van der Waals surface area contributed by atoms with Gasteiger partial charge in [0.2, 0.25) is 0 Å². The Balaban J connectivity index is 1.78. The van der Waals surface area contributed by atoms with Crippen molar-refractivity contribution in [3.8, 4) is 0 Å². The number of nitrogens with zero attached hydrogens (tertiary/aromatic N) is 2. The Morgan fingerprint density at radius 3 is 2.64 bits per heavy atom. The van der Waals surface area contributed by atoms with Crippen LogP contribution in [-0.2, 0) is 19.5 Å². The molecule has 0 saturated carbocycles. The second kappa shape index (κ2) is 5.43. The summed E-state index contributed by atoms with van der Waals surface area (Å²) in [6.07, 6.45) is 1.06. The molecule has 0 fully saturated rings. The fraction of sp³-hybridized carbons (Fsp3) is 0.211. The van der Waals surface area contributed by atoms with Gasteiger partial charge in [-0.3, -0.25) is 0 Å². The first kappa shape index (κ1) is 13.3. The number of hydrogen-bond donors (Lipinski definition) is 1. The van der Waals surface area contributed by atoms with E-state index in [-0.39, 0.29) is 0 Å². The van der Waals surface area contributed by atoms with E-state index in [4.69, 9.17) is 10.7 Å². The molecule has 1 aromatic heterocycles. The number of para-hydroxylation sites is 1. The Hall–Kier alpha value is -2.39. The molecule has 110 valence electrons. The summed E-state index contributed by atoms with van der Waals surface area (Å²) in [5.41, 5.74) is 11.0. The van der Waals surface area contributed by atoms with E-state index in [2.05, 4.69) is 47.4 Å². The van der Waals surface area contributed by atoms with E-state index in [9.17, 15) is 0 Å². The number of rotatable bonds is 2.